The zero-order chi connectivity index (χ0) is 25.1. The van der Waals surface area contributed by atoms with Crippen LogP contribution in [0.25, 0.3) is 0 Å². The molecule has 11 heteroatoms. The molecular weight excluding hydrogens is 499 g/mol. The number of nitrogens with one attached hydrogen (secondary N) is 1. The number of ether oxygens (including phenoxy) is 1. The highest BCUT2D eigenvalue weighted by molar-refractivity contribution is 7.89. The molecule has 0 unspecified atom stereocenters. The summed E-state index contributed by atoms with van der Waals surface area (Å²) in [5.41, 5.74) is 1.71. The third-order valence-electron chi connectivity index (χ3n) is 5.05. The maximum absolute atomic E-state index is 12.5. The van der Waals surface area contributed by atoms with Gasteiger partial charge in [0.15, 0.2) is 0 Å². The van der Waals surface area contributed by atoms with Crippen LogP contribution >= 0.6 is 23.2 Å². The van der Waals surface area contributed by atoms with Crippen molar-refractivity contribution in [3.63, 3.8) is 0 Å². The zero-order valence-electron chi connectivity index (χ0n) is 19.5. The number of hydrogen-bond donors (Lipinski definition) is 1. The van der Waals surface area contributed by atoms with Gasteiger partial charge in [0, 0.05) is 37.4 Å². The van der Waals surface area contributed by atoms with Gasteiger partial charge in [-0.1, -0.05) is 40.9 Å². The Morgan fingerprint density at radius 3 is 2.24 bits per heavy atom. The molecule has 0 aromatic heterocycles. The van der Waals surface area contributed by atoms with Gasteiger partial charge in [0.25, 0.3) is 10.0 Å². The number of hydrazone groups is 1. The lowest BCUT2D eigenvalue weighted by Crippen LogP contribution is -2.50. The molecule has 0 spiro atoms. The van der Waals surface area contributed by atoms with Crippen molar-refractivity contribution in [1.29, 1.82) is 0 Å². The normalized spacial score (nSPS) is 15.0. The van der Waals surface area contributed by atoms with Gasteiger partial charge < -0.3 is 14.5 Å². The fraction of sp³-hybridized carbons (Fsp3) is 0.391. The van der Waals surface area contributed by atoms with Crippen LogP contribution in [0, 0.1) is 6.92 Å². The monoisotopic (exact) mass is 526 g/mol. The number of halogens is 2. The van der Waals surface area contributed by atoms with Crippen molar-refractivity contribution in [2.45, 2.75) is 38.2 Å². The molecule has 2 aromatic rings. The first-order valence-corrected chi connectivity index (χ1v) is 12.9. The molecule has 1 aliphatic rings. The zero-order valence-corrected chi connectivity index (χ0v) is 21.8. The molecule has 1 aliphatic heterocycles. The van der Waals surface area contributed by atoms with Crippen molar-refractivity contribution < 1.29 is 17.9 Å². The number of carbonyl (C=O) groups excluding carboxylic acids is 1. The topological polar surface area (TPSA) is 91.3 Å². The molecule has 3 rings (SSSR count). The van der Waals surface area contributed by atoms with E-state index in [1.54, 1.807) is 29.2 Å². The molecule has 2 aromatic carbocycles. The highest BCUT2D eigenvalue weighted by Crippen LogP contribution is 2.31. The summed E-state index contributed by atoms with van der Waals surface area (Å²) in [7, 11) is -3.81. The lowest BCUT2D eigenvalue weighted by atomic mass is 10.1. The lowest BCUT2D eigenvalue weighted by Gasteiger charge is -2.37. The quantitative estimate of drug-likeness (QED) is 0.451. The summed E-state index contributed by atoms with van der Waals surface area (Å²) in [5, 5.41) is 4.63. The predicted octanol–water partition coefficient (Wildman–Crippen LogP) is 4.67. The SMILES string of the molecule is Cc1ccc(S(=O)(=O)N/N=C/c2cc(Cl)c(Cl)cc2N2CCN(C(=O)OC(C)(C)C)CC2)cc1. The number of carbonyl (C=O) groups is 1. The molecule has 1 fully saturated rings. The second-order valence-corrected chi connectivity index (χ2v) is 11.4. The van der Waals surface area contributed by atoms with E-state index in [4.69, 9.17) is 27.9 Å². The average Bonchev–Trinajstić information content (AvgIpc) is 2.75. The van der Waals surface area contributed by atoms with Crippen LogP contribution in [0.5, 0.6) is 0 Å². The molecule has 0 bridgehead atoms. The van der Waals surface area contributed by atoms with Crippen LogP contribution in [0.15, 0.2) is 46.4 Å². The van der Waals surface area contributed by atoms with Crippen LogP contribution in [-0.2, 0) is 14.8 Å². The Hall–Kier alpha value is -2.49. The van der Waals surface area contributed by atoms with E-state index >= 15 is 0 Å². The van der Waals surface area contributed by atoms with Crippen molar-refractivity contribution in [2.75, 3.05) is 31.1 Å². The van der Waals surface area contributed by atoms with E-state index < -0.39 is 15.6 Å². The Bertz CT molecular complexity index is 1170. The van der Waals surface area contributed by atoms with Gasteiger partial charge >= 0.3 is 6.09 Å². The van der Waals surface area contributed by atoms with Gasteiger partial charge in [-0.25, -0.2) is 9.63 Å². The van der Waals surface area contributed by atoms with Crippen LogP contribution in [-0.4, -0.2) is 57.4 Å². The van der Waals surface area contributed by atoms with E-state index in [0.29, 0.717) is 41.8 Å². The largest absolute Gasteiger partial charge is 0.444 e. The van der Waals surface area contributed by atoms with Gasteiger partial charge in [0.05, 0.1) is 21.2 Å². The summed E-state index contributed by atoms with van der Waals surface area (Å²) in [6, 6.07) is 9.80. The van der Waals surface area contributed by atoms with Gasteiger partial charge in [-0.05, 0) is 52.0 Å². The van der Waals surface area contributed by atoms with Crippen LogP contribution < -0.4 is 9.73 Å². The molecule has 184 valence electrons. The number of anilines is 1. The second kappa shape index (κ2) is 10.4. The predicted molar refractivity (Wildman–Crippen MR) is 136 cm³/mol. The van der Waals surface area contributed by atoms with Gasteiger partial charge in [0.1, 0.15) is 5.60 Å². The van der Waals surface area contributed by atoms with E-state index in [-0.39, 0.29) is 11.0 Å². The molecule has 0 radical (unpaired) electrons. The molecule has 0 atom stereocenters. The summed E-state index contributed by atoms with van der Waals surface area (Å²) >= 11 is 12.5. The maximum atomic E-state index is 12.5. The van der Waals surface area contributed by atoms with E-state index in [9.17, 15) is 13.2 Å². The van der Waals surface area contributed by atoms with Crippen LogP contribution in [0.3, 0.4) is 0 Å². The number of rotatable bonds is 5. The van der Waals surface area contributed by atoms with Crippen molar-refractivity contribution in [3.8, 4) is 0 Å². The van der Waals surface area contributed by atoms with E-state index in [1.165, 1.54) is 18.3 Å². The minimum Gasteiger partial charge on any atom is -0.444 e. The van der Waals surface area contributed by atoms with Gasteiger partial charge in [-0.3, -0.25) is 0 Å². The van der Waals surface area contributed by atoms with Crippen LogP contribution in [0.2, 0.25) is 10.0 Å². The Morgan fingerprint density at radius 1 is 1.06 bits per heavy atom. The third-order valence-corrected chi connectivity index (χ3v) is 7.01. The van der Waals surface area contributed by atoms with Gasteiger partial charge in [-0.15, -0.1) is 0 Å². The third kappa shape index (κ3) is 6.77. The number of benzene rings is 2. The van der Waals surface area contributed by atoms with Crippen molar-refractivity contribution in [2.24, 2.45) is 5.10 Å². The summed E-state index contributed by atoms with van der Waals surface area (Å²) in [6.45, 7) is 9.36. The van der Waals surface area contributed by atoms with E-state index in [0.717, 1.165) is 11.3 Å². The number of amides is 1. The Balaban J connectivity index is 1.74. The summed E-state index contributed by atoms with van der Waals surface area (Å²) in [4.78, 5) is 18.4. The standard InChI is InChI=1S/C23H28Cl2N4O4S/c1-16-5-7-18(8-6-16)34(31,32)27-26-15-17-13-19(24)20(25)14-21(17)28-9-11-29(12-10-28)22(30)33-23(2,3)4/h5-8,13-15,27H,9-12H2,1-4H3/b26-15+. The summed E-state index contributed by atoms with van der Waals surface area (Å²) < 4.78 is 30.5. The Kier molecular flexibility index (Phi) is 8.00. The summed E-state index contributed by atoms with van der Waals surface area (Å²) in [6.07, 6.45) is 1.04. The first-order valence-electron chi connectivity index (χ1n) is 10.7. The number of aryl methyl sites for hydroxylation is 1. The van der Waals surface area contributed by atoms with Crippen LogP contribution in [0.1, 0.15) is 31.9 Å². The molecular formula is C23H28Cl2N4O4S. The minimum absolute atomic E-state index is 0.114. The van der Waals surface area contributed by atoms with E-state index in [2.05, 4.69) is 9.93 Å². The molecule has 0 saturated carbocycles. The Labute approximate surface area is 210 Å². The first kappa shape index (κ1) is 26.1. The smallest absolute Gasteiger partial charge is 0.410 e. The van der Waals surface area contributed by atoms with Crippen molar-refractivity contribution >= 4 is 51.2 Å². The lowest BCUT2D eigenvalue weighted by molar-refractivity contribution is 0.0240. The molecule has 0 aliphatic carbocycles. The number of nitrogens with zero attached hydrogens (tertiary/aromatic N) is 3. The number of hydrogen-bond acceptors (Lipinski definition) is 6. The average molecular weight is 527 g/mol. The van der Waals surface area contributed by atoms with Crippen molar-refractivity contribution in [3.05, 3.63) is 57.6 Å². The van der Waals surface area contributed by atoms with Crippen molar-refractivity contribution in [1.82, 2.24) is 9.73 Å². The molecule has 8 nitrogen and oxygen atoms in total. The molecule has 1 heterocycles. The highest BCUT2D eigenvalue weighted by Gasteiger charge is 2.27. The molecule has 1 saturated heterocycles. The second-order valence-electron chi connectivity index (χ2n) is 8.95. The molecule has 34 heavy (non-hydrogen) atoms. The molecule has 1 amide bonds. The molecule has 1 N–H and O–H groups in total. The van der Waals surface area contributed by atoms with Gasteiger partial charge in [-0.2, -0.15) is 13.5 Å². The number of piperazine rings is 1. The van der Waals surface area contributed by atoms with E-state index in [1.807, 2.05) is 32.6 Å². The highest BCUT2D eigenvalue weighted by atomic mass is 35.5. The first-order chi connectivity index (χ1) is 15.9. The van der Waals surface area contributed by atoms with Gasteiger partial charge in [0.2, 0.25) is 0 Å². The fourth-order valence-corrected chi connectivity index (χ4v) is 4.44. The number of sulfonamides is 1. The minimum atomic E-state index is -3.81. The maximum Gasteiger partial charge on any atom is 0.410 e. The fourth-order valence-electron chi connectivity index (χ4n) is 3.32. The summed E-state index contributed by atoms with van der Waals surface area (Å²) in [5.74, 6) is 0. The Morgan fingerprint density at radius 2 is 1.65 bits per heavy atom. The van der Waals surface area contributed by atoms with Crippen LogP contribution in [0.4, 0.5) is 10.5 Å².